The number of carbonyl (C=O) groups excluding carboxylic acids is 1. The summed E-state index contributed by atoms with van der Waals surface area (Å²) in [5.74, 6) is 0.796. The Bertz CT molecular complexity index is 342. The first-order chi connectivity index (χ1) is 7.25. The molecule has 0 bridgehead atoms. The summed E-state index contributed by atoms with van der Waals surface area (Å²) in [6.45, 7) is 1.62. The van der Waals surface area contributed by atoms with E-state index in [1.807, 2.05) is 11.4 Å². The molecule has 4 heteroatoms. The molecule has 2 rings (SSSR count). The molecule has 1 saturated heterocycles. The fraction of sp³-hybridized carbons (Fsp3) is 0.545. The van der Waals surface area contributed by atoms with Gasteiger partial charge in [-0.15, -0.1) is 11.3 Å². The Morgan fingerprint density at radius 1 is 1.53 bits per heavy atom. The average Bonchev–Trinajstić information content (AvgIpc) is 2.66. The Hall–Kier alpha value is -0.190. The maximum Gasteiger partial charge on any atom is 0.173 e. The Morgan fingerprint density at radius 3 is 2.87 bits per heavy atom. The van der Waals surface area contributed by atoms with E-state index < -0.39 is 0 Å². The van der Waals surface area contributed by atoms with Gasteiger partial charge in [-0.2, -0.15) is 0 Å². The number of halogens is 1. The maximum atomic E-state index is 11.9. The van der Waals surface area contributed by atoms with Crippen molar-refractivity contribution in [3.8, 4) is 0 Å². The fourth-order valence-corrected chi connectivity index (χ4v) is 3.15. The molecule has 1 aliphatic heterocycles. The standard InChI is InChI=1S/C11H13BrO2S/c12-9-6-11(15-7-9)10(13)5-8-1-3-14-4-2-8/h6-8H,1-5H2. The normalized spacial score (nSPS) is 17.9. The first kappa shape index (κ1) is 11.3. The monoisotopic (exact) mass is 288 g/mol. The summed E-state index contributed by atoms with van der Waals surface area (Å²) < 4.78 is 6.28. The quantitative estimate of drug-likeness (QED) is 0.796. The van der Waals surface area contributed by atoms with Gasteiger partial charge < -0.3 is 4.74 Å². The SMILES string of the molecule is O=C(CC1CCOCC1)c1cc(Br)cs1. The lowest BCUT2D eigenvalue weighted by Gasteiger charge is -2.20. The van der Waals surface area contributed by atoms with Gasteiger partial charge in [0.1, 0.15) is 0 Å². The van der Waals surface area contributed by atoms with Crippen molar-refractivity contribution in [1.29, 1.82) is 0 Å². The lowest BCUT2D eigenvalue weighted by molar-refractivity contribution is 0.0602. The third-order valence-electron chi connectivity index (χ3n) is 2.66. The molecule has 1 aliphatic rings. The van der Waals surface area contributed by atoms with Gasteiger partial charge in [-0.25, -0.2) is 0 Å². The average molecular weight is 289 g/mol. The van der Waals surface area contributed by atoms with Crippen molar-refractivity contribution in [1.82, 2.24) is 0 Å². The number of ether oxygens (including phenoxy) is 1. The molecule has 0 N–H and O–H groups in total. The molecule has 1 aromatic rings. The third kappa shape index (κ3) is 3.13. The van der Waals surface area contributed by atoms with E-state index in [4.69, 9.17) is 4.74 Å². The summed E-state index contributed by atoms with van der Waals surface area (Å²) in [6.07, 6.45) is 2.73. The molecule has 0 saturated carbocycles. The third-order valence-corrected chi connectivity index (χ3v) is 4.39. The van der Waals surface area contributed by atoms with Crippen LogP contribution in [0.3, 0.4) is 0 Å². The Balaban J connectivity index is 1.91. The van der Waals surface area contributed by atoms with E-state index in [0.717, 1.165) is 35.4 Å². The molecule has 82 valence electrons. The minimum absolute atomic E-state index is 0.276. The summed E-state index contributed by atoms with van der Waals surface area (Å²) in [4.78, 5) is 12.7. The van der Waals surface area contributed by atoms with E-state index in [2.05, 4.69) is 15.9 Å². The van der Waals surface area contributed by atoms with Crippen LogP contribution in [0.4, 0.5) is 0 Å². The number of rotatable bonds is 3. The van der Waals surface area contributed by atoms with Gasteiger partial charge in [0.05, 0.1) is 4.88 Å². The van der Waals surface area contributed by atoms with E-state index in [0.29, 0.717) is 12.3 Å². The minimum atomic E-state index is 0.276. The van der Waals surface area contributed by atoms with Gasteiger partial charge in [0.15, 0.2) is 5.78 Å². The van der Waals surface area contributed by atoms with Crippen molar-refractivity contribution < 1.29 is 9.53 Å². The first-order valence-corrected chi connectivity index (χ1v) is 6.78. The molecular formula is C11H13BrO2S. The minimum Gasteiger partial charge on any atom is -0.381 e. The van der Waals surface area contributed by atoms with Crippen molar-refractivity contribution in [2.24, 2.45) is 5.92 Å². The topological polar surface area (TPSA) is 26.3 Å². The predicted octanol–water partition coefficient (Wildman–Crippen LogP) is 3.51. The highest BCUT2D eigenvalue weighted by atomic mass is 79.9. The Morgan fingerprint density at radius 2 is 2.27 bits per heavy atom. The highest BCUT2D eigenvalue weighted by molar-refractivity contribution is 9.10. The van der Waals surface area contributed by atoms with E-state index in [9.17, 15) is 4.79 Å². The van der Waals surface area contributed by atoms with Crippen LogP contribution in [-0.4, -0.2) is 19.0 Å². The molecule has 0 spiro atoms. The molecule has 0 aliphatic carbocycles. The fourth-order valence-electron chi connectivity index (χ4n) is 1.77. The molecule has 2 heterocycles. The molecule has 0 radical (unpaired) electrons. The van der Waals surface area contributed by atoms with Gasteiger partial charge in [0.2, 0.25) is 0 Å². The second-order valence-electron chi connectivity index (χ2n) is 3.81. The maximum absolute atomic E-state index is 11.9. The number of ketones is 1. The van der Waals surface area contributed by atoms with Crippen LogP contribution >= 0.6 is 27.3 Å². The van der Waals surface area contributed by atoms with Crippen molar-refractivity contribution in [2.45, 2.75) is 19.3 Å². The zero-order valence-electron chi connectivity index (χ0n) is 8.37. The smallest absolute Gasteiger partial charge is 0.173 e. The highest BCUT2D eigenvalue weighted by Crippen LogP contribution is 2.25. The first-order valence-electron chi connectivity index (χ1n) is 5.10. The zero-order valence-corrected chi connectivity index (χ0v) is 10.8. The van der Waals surface area contributed by atoms with E-state index >= 15 is 0 Å². The zero-order chi connectivity index (χ0) is 10.7. The number of carbonyl (C=O) groups is 1. The van der Waals surface area contributed by atoms with Gasteiger partial charge in [0, 0.05) is 29.5 Å². The largest absolute Gasteiger partial charge is 0.381 e. The van der Waals surface area contributed by atoms with Crippen LogP contribution in [0.5, 0.6) is 0 Å². The Kier molecular flexibility index (Phi) is 3.94. The van der Waals surface area contributed by atoms with E-state index in [-0.39, 0.29) is 5.78 Å². The molecule has 0 amide bonds. The molecule has 1 fully saturated rings. The molecule has 0 aromatic carbocycles. The van der Waals surface area contributed by atoms with Crippen LogP contribution in [0.25, 0.3) is 0 Å². The number of thiophene rings is 1. The second-order valence-corrected chi connectivity index (χ2v) is 5.64. The van der Waals surface area contributed by atoms with Gasteiger partial charge in [0.25, 0.3) is 0 Å². The van der Waals surface area contributed by atoms with Crippen molar-refractivity contribution in [2.75, 3.05) is 13.2 Å². The van der Waals surface area contributed by atoms with Crippen LogP contribution < -0.4 is 0 Å². The lowest BCUT2D eigenvalue weighted by Crippen LogP contribution is -2.18. The van der Waals surface area contributed by atoms with Gasteiger partial charge in [-0.1, -0.05) is 0 Å². The van der Waals surface area contributed by atoms with Crippen molar-refractivity contribution in [3.63, 3.8) is 0 Å². The number of hydrogen-bond donors (Lipinski definition) is 0. The number of hydrogen-bond acceptors (Lipinski definition) is 3. The molecule has 0 atom stereocenters. The van der Waals surface area contributed by atoms with Crippen LogP contribution in [0.15, 0.2) is 15.9 Å². The molecule has 1 aromatic heterocycles. The van der Waals surface area contributed by atoms with Gasteiger partial charge >= 0.3 is 0 Å². The van der Waals surface area contributed by atoms with Crippen molar-refractivity contribution in [3.05, 3.63) is 20.8 Å². The molecule has 0 unspecified atom stereocenters. The highest BCUT2D eigenvalue weighted by Gasteiger charge is 2.19. The Labute approximate surface area is 102 Å². The summed E-state index contributed by atoms with van der Waals surface area (Å²) >= 11 is 4.88. The lowest BCUT2D eigenvalue weighted by atomic mass is 9.94. The van der Waals surface area contributed by atoms with Crippen LogP contribution in [0.2, 0.25) is 0 Å². The molecule has 2 nitrogen and oxygen atoms in total. The second kappa shape index (κ2) is 5.23. The summed E-state index contributed by atoms with van der Waals surface area (Å²) in [6, 6.07) is 1.91. The molecular weight excluding hydrogens is 276 g/mol. The summed E-state index contributed by atoms with van der Waals surface area (Å²) in [5, 5.41) is 1.96. The van der Waals surface area contributed by atoms with Crippen LogP contribution in [0, 0.1) is 5.92 Å². The molecule has 15 heavy (non-hydrogen) atoms. The van der Waals surface area contributed by atoms with Crippen molar-refractivity contribution >= 4 is 33.0 Å². The van der Waals surface area contributed by atoms with E-state index in [1.54, 1.807) is 0 Å². The summed E-state index contributed by atoms with van der Waals surface area (Å²) in [5.41, 5.74) is 0. The number of Topliss-reactive ketones (excluding diaryl/α,β-unsaturated/α-hetero) is 1. The predicted molar refractivity (Wildman–Crippen MR) is 64.5 cm³/mol. The van der Waals surface area contributed by atoms with Gasteiger partial charge in [-0.3, -0.25) is 4.79 Å². The summed E-state index contributed by atoms with van der Waals surface area (Å²) in [7, 11) is 0. The van der Waals surface area contributed by atoms with Crippen LogP contribution in [-0.2, 0) is 4.74 Å². The van der Waals surface area contributed by atoms with E-state index in [1.165, 1.54) is 11.3 Å². The van der Waals surface area contributed by atoms with Crippen LogP contribution in [0.1, 0.15) is 28.9 Å². The van der Waals surface area contributed by atoms with Gasteiger partial charge in [-0.05, 0) is 40.8 Å².